The number of morpholine rings is 1. The lowest BCUT2D eigenvalue weighted by atomic mass is 10.0. The molecule has 0 unspecified atom stereocenters. The van der Waals surface area contributed by atoms with Crippen molar-refractivity contribution in [1.29, 1.82) is 0 Å². The molecule has 1 heterocycles. The normalized spacial score (nSPS) is 16.2. The standard InChI is InChI=1S/C20H18F3NO4S/c21-20(22,23)18-4-2-1-3-15(18)7-10-19(25)16-5-8-17(9-6-16)29(26,27)24-11-13-28-14-12-24/h1-10H,11-14H2. The molecule has 0 amide bonds. The SMILES string of the molecule is O=C(C=Cc1ccccc1C(F)(F)F)c1ccc(S(=O)(=O)N2CCOCC2)cc1. The zero-order valence-electron chi connectivity index (χ0n) is 15.2. The van der Waals surface area contributed by atoms with Crippen molar-refractivity contribution in [1.82, 2.24) is 4.31 Å². The monoisotopic (exact) mass is 425 g/mol. The smallest absolute Gasteiger partial charge is 0.379 e. The maximum Gasteiger partial charge on any atom is 0.416 e. The highest BCUT2D eigenvalue weighted by molar-refractivity contribution is 7.89. The van der Waals surface area contributed by atoms with Crippen molar-refractivity contribution in [3.63, 3.8) is 0 Å². The van der Waals surface area contributed by atoms with Gasteiger partial charge >= 0.3 is 6.18 Å². The average molecular weight is 425 g/mol. The summed E-state index contributed by atoms with van der Waals surface area (Å²) in [5, 5.41) is 0. The largest absolute Gasteiger partial charge is 0.416 e. The van der Waals surface area contributed by atoms with E-state index in [9.17, 15) is 26.4 Å². The third-order valence-electron chi connectivity index (χ3n) is 4.43. The Hall–Kier alpha value is -2.49. The summed E-state index contributed by atoms with van der Waals surface area (Å²) in [6, 6.07) is 10.2. The van der Waals surface area contributed by atoms with Gasteiger partial charge in [-0.3, -0.25) is 4.79 Å². The van der Waals surface area contributed by atoms with Gasteiger partial charge in [0.15, 0.2) is 5.78 Å². The molecule has 1 aliphatic heterocycles. The summed E-state index contributed by atoms with van der Waals surface area (Å²) >= 11 is 0. The predicted octanol–water partition coefficient (Wildman–Crippen LogP) is 3.62. The summed E-state index contributed by atoms with van der Waals surface area (Å²) in [6.07, 6.45) is -2.39. The lowest BCUT2D eigenvalue weighted by Gasteiger charge is -2.26. The number of hydrogen-bond acceptors (Lipinski definition) is 4. The summed E-state index contributed by atoms with van der Waals surface area (Å²) in [4.78, 5) is 12.3. The molecule has 5 nitrogen and oxygen atoms in total. The fourth-order valence-electron chi connectivity index (χ4n) is 2.89. The van der Waals surface area contributed by atoms with Crippen molar-refractivity contribution in [2.75, 3.05) is 26.3 Å². The molecule has 2 aromatic carbocycles. The minimum absolute atomic E-state index is 0.0438. The molecule has 0 N–H and O–H groups in total. The van der Waals surface area contributed by atoms with Gasteiger partial charge in [0.1, 0.15) is 0 Å². The third kappa shape index (κ3) is 4.92. The van der Waals surface area contributed by atoms with Gasteiger partial charge < -0.3 is 4.74 Å². The van der Waals surface area contributed by atoms with Crippen LogP contribution in [0.25, 0.3) is 6.08 Å². The number of carbonyl (C=O) groups excluding carboxylic acids is 1. The first kappa shape index (κ1) is 21.2. The summed E-state index contributed by atoms with van der Waals surface area (Å²) in [6.45, 7) is 1.15. The quantitative estimate of drug-likeness (QED) is 0.542. The van der Waals surface area contributed by atoms with Gasteiger partial charge in [0.25, 0.3) is 0 Å². The highest BCUT2D eigenvalue weighted by Crippen LogP contribution is 2.32. The van der Waals surface area contributed by atoms with Gasteiger partial charge in [0.05, 0.1) is 23.7 Å². The second-order valence-corrected chi connectivity index (χ2v) is 8.26. The zero-order chi connectivity index (χ0) is 21.1. The molecule has 154 valence electrons. The van der Waals surface area contributed by atoms with E-state index < -0.39 is 27.5 Å². The lowest BCUT2D eigenvalue weighted by Crippen LogP contribution is -2.40. The van der Waals surface area contributed by atoms with Crippen LogP contribution in [-0.2, 0) is 20.9 Å². The molecule has 3 rings (SSSR count). The molecule has 29 heavy (non-hydrogen) atoms. The van der Waals surface area contributed by atoms with Gasteiger partial charge in [0, 0.05) is 18.7 Å². The zero-order valence-corrected chi connectivity index (χ0v) is 16.0. The number of alkyl halides is 3. The Morgan fingerprint density at radius 3 is 2.24 bits per heavy atom. The Bertz CT molecular complexity index is 1010. The van der Waals surface area contributed by atoms with Crippen molar-refractivity contribution >= 4 is 21.9 Å². The van der Waals surface area contributed by atoms with E-state index in [1.165, 1.54) is 46.8 Å². The topological polar surface area (TPSA) is 63.7 Å². The summed E-state index contributed by atoms with van der Waals surface area (Å²) < 4.78 is 70.7. The molecule has 2 aromatic rings. The van der Waals surface area contributed by atoms with Crippen LogP contribution in [0.1, 0.15) is 21.5 Å². The fourth-order valence-corrected chi connectivity index (χ4v) is 4.30. The molecule has 1 saturated heterocycles. The van der Waals surface area contributed by atoms with Gasteiger partial charge in [-0.2, -0.15) is 17.5 Å². The van der Waals surface area contributed by atoms with E-state index in [1.807, 2.05) is 0 Å². The molecule has 0 radical (unpaired) electrons. The molecular weight excluding hydrogens is 407 g/mol. The van der Waals surface area contributed by atoms with Crippen LogP contribution in [0.5, 0.6) is 0 Å². The number of ether oxygens (including phenoxy) is 1. The Balaban J connectivity index is 1.77. The van der Waals surface area contributed by atoms with Crippen LogP contribution in [0, 0.1) is 0 Å². The van der Waals surface area contributed by atoms with Crippen molar-refractivity contribution in [2.45, 2.75) is 11.1 Å². The Morgan fingerprint density at radius 1 is 1.00 bits per heavy atom. The van der Waals surface area contributed by atoms with Crippen molar-refractivity contribution in [3.8, 4) is 0 Å². The maximum absolute atomic E-state index is 13.0. The first-order chi connectivity index (χ1) is 13.7. The van der Waals surface area contributed by atoms with Gasteiger partial charge in [-0.25, -0.2) is 8.42 Å². The van der Waals surface area contributed by atoms with Crippen LogP contribution in [0.2, 0.25) is 0 Å². The molecule has 0 aliphatic carbocycles. The Kier molecular flexibility index (Phi) is 6.21. The molecule has 0 spiro atoms. The van der Waals surface area contributed by atoms with Crippen LogP contribution in [-0.4, -0.2) is 44.8 Å². The molecule has 0 atom stereocenters. The van der Waals surface area contributed by atoms with E-state index in [4.69, 9.17) is 4.74 Å². The van der Waals surface area contributed by atoms with E-state index >= 15 is 0 Å². The van der Waals surface area contributed by atoms with Crippen LogP contribution < -0.4 is 0 Å². The molecule has 1 fully saturated rings. The highest BCUT2D eigenvalue weighted by atomic mass is 32.2. The minimum atomic E-state index is -4.53. The van der Waals surface area contributed by atoms with Crippen LogP contribution in [0.4, 0.5) is 13.2 Å². The molecule has 0 saturated carbocycles. The number of allylic oxidation sites excluding steroid dienone is 1. The number of ketones is 1. The van der Waals surface area contributed by atoms with Crippen LogP contribution >= 0.6 is 0 Å². The van der Waals surface area contributed by atoms with Crippen molar-refractivity contribution in [3.05, 3.63) is 71.3 Å². The van der Waals surface area contributed by atoms with E-state index in [-0.39, 0.29) is 29.1 Å². The van der Waals surface area contributed by atoms with Crippen LogP contribution in [0.15, 0.2) is 59.5 Å². The minimum Gasteiger partial charge on any atom is -0.379 e. The van der Waals surface area contributed by atoms with Gasteiger partial charge in [-0.1, -0.05) is 24.3 Å². The van der Waals surface area contributed by atoms with Gasteiger partial charge in [-0.15, -0.1) is 0 Å². The second kappa shape index (κ2) is 8.48. The van der Waals surface area contributed by atoms with Crippen LogP contribution in [0.3, 0.4) is 0 Å². The van der Waals surface area contributed by atoms with E-state index in [0.717, 1.165) is 18.2 Å². The molecule has 1 aliphatic rings. The highest BCUT2D eigenvalue weighted by Gasteiger charge is 2.32. The molecule has 9 heteroatoms. The summed E-state index contributed by atoms with van der Waals surface area (Å²) in [5.74, 6) is -0.530. The van der Waals surface area contributed by atoms with E-state index in [1.54, 1.807) is 0 Å². The second-order valence-electron chi connectivity index (χ2n) is 6.32. The van der Waals surface area contributed by atoms with E-state index in [0.29, 0.717) is 13.2 Å². The lowest BCUT2D eigenvalue weighted by molar-refractivity contribution is -0.137. The summed E-state index contributed by atoms with van der Waals surface area (Å²) in [5.41, 5.74) is -0.789. The summed E-state index contributed by atoms with van der Waals surface area (Å²) in [7, 11) is -3.68. The average Bonchev–Trinajstić information content (AvgIpc) is 2.72. The number of sulfonamides is 1. The number of carbonyl (C=O) groups is 1. The Labute approximate surface area is 166 Å². The first-order valence-electron chi connectivity index (χ1n) is 8.76. The third-order valence-corrected chi connectivity index (χ3v) is 6.34. The van der Waals surface area contributed by atoms with Crippen molar-refractivity contribution in [2.24, 2.45) is 0 Å². The molecule has 0 aromatic heterocycles. The number of nitrogens with zero attached hydrogens (tertiary/aromatic N) is 1. The predicted molar refractivity (Wildman–Crippen MR) is 101 cm³/mol. The number of benzene rings is 2. The number of rotatable bonds is 5. The number of hydrogen-bond donors (Lipinski definition) is 0. The van der Waals surface area contributed by atoms with Gasteiger partial charge in [0.2, 0.25) is 10.0 Å². The Morgan fingerprint density at radius 2 is 1.62 bits per heavy atom. The van der Waals surface area contributed by atoms with Crippen molar-refractivity contribution < 1.29 is 31.1 Å². The maximum atomic E-state index is 13.0. The molecule has 0 bridgehead atoms. The van der Waals surface area contributed by atoms with Gasteiger partial charge in [-0.05, 0) is 42.0 Å². The first-order valence-corrected chi connectivity index (χ1v) is 10.2. The fraction of sp³-hybridized carbons (Fsp3) is 0.250. The molecular formula is C20H18F3NO4S. The number of halogens is 3. The van der Waals surface area contributed by atoms with E-state index in [2.05, 4.69) is 0 Å².